The summed E-state index contributed by atoms with van der Waals surface area (Å²) in [4.78, 5) is 25.0. The van der Waals surface area contributed by atoms with E-state index in [-0.39, 0.29) is 28.8 Å². The van der Waals surface area contributed by atoms with E-state index in [2.05, 4.69) is 10.6 Å². The normalized spacial score (nSPS) is 11.2. The molecular formula is C23H17Cl2F3N2O2S. The van der Waals surface area contributed by atoms with Crippen LogP contribution in [0.15, 0.2) is 71.6 Å². The van der Waals surface area contributed by atoms with E-state index >= 15 is 0 Å². The molecule has 3 aromatic rings. The third-order valence-electron chi connectivity index (χ3n) is 4.35. The number of nitrogens with one attached hydrogen (secondary N) is 2. The van der Waals surface area contributed by atoms with E-state index in [1.165, 1.54) is 6.07 Å². The second-order valence-corrected chi connectivity index (χ2v) is 8.82. The van der Waals surface area contributed by atoms with Gasteiger partial charge in [0.2, 0.25) is 11.8 Å². The van der Waals surface area contributed by atoms with Crippen LogP contribution in [0.1, 0.15) is 11.1 Å². The van der Waals surface area contributed by atoms with E-state index in [1.807, 2.05) is 0 Å². The highest BCUT2D eigenvalue weighted by molar-refractivity contribution is 8.00. The number of hydrogen-bond donors (Lipinski definition) is 2. The molecule has 33 heavy (non-hydrogen) atoms. The summed E-state index contributed by atoms with van der Waals surface area (Å²) in [7, 11) is 0. The lowest BCUT2D eigenvalue weighted by Crippen LogP contribution is -2.18. The van der Waals surface area contributed by atoms with E-state index in [0.29, 0.717) is 15.6 Å². The lowest BCUT2D eigenvalue weighted by Gasteiger charge is -2.14. The molecule has 172 valence electrons. The smallest absolute Gasteiger partial charge is 0.326 e. The quantitative estimate of drug-likeness (QED) is 0.337. The molecule has 0 aromatic heterocycles. The van der Waals surface area contributed by atoms with E-state index in [4.69, 9.17) is 23.2 Å². The fourth-order valence-electron chi connectivity index (χ4n) is 2.82. The lowest BCUT2D eigenvalue weighted by molar-refractivity contribution is -0.137. The van der Waals surface area contributed by atoms with Crippen molar-refractivity contribution in [3.05, 3.63) is 87.9 Å². The van der Waals surface area contributed by atoms with Gasteiger partial charge in [-0.1, -0.05) is 35.3 Å². The van der Waals surface area contributed by atoms with Crippen molar-refractivity contribution < 1.29 is 22.8 Å². The summed E-state index contributed by atoms with van der Waals surface area (Å²) in [5.74, 6) is -0.879. The molecule has 2 N–H and O–H groups in total. The van der Waals surface area contributed by atoms with Crippen LogP contribution in [0.25, 0.3) is 0 Å². The zero-order chi connectivity index (χ0) is 24.0. The van der Waals surface area contributed by atoms with Gasteiger partial charge in [-0.25, -0.2) is 0 Å². The van der Waals surface area contributed by atoms with Crippen LogP contribution < -0.4 is 10.6 Å². The minimum atomic E-state index is -4.64. The number of rotatable bonds is 7. The lowest BCUT2D eigenvalue weighted by atomic mass is 10.1. The fraction of sp³-hybridized carbons (Fsp3) is 0.130. The summed E-state index contributed by atoms with van der Waals surface area (Å²) in [6, 6.07) is 16.9. The molecule has 0 atom stereocenters. The number of carbonyl (C=O) groups excluding carboxylic acids is 2. The Kier molecular flexibility index (Phi) is 8.29. The number of amides is 2. The van der Waals surface area contributed by atoms with Crippen LogP contribution in [0.4, 0.5) is 24.5 Å². The molecule has 0 spiro atoms. The molecule has 10 heteroatoms. The highest BCUT2D eigenvalue weighted by Gasteiger charge is 2.34. The molecule has 0 radical (unpaired) electrons. The average molecular weight is 513 g/mol. The van der Waals surface area contributed by atoms with Gasteiger partial charge in [0.25, 0.3) is 0 Å². The van der Waals surface area contributed by atoms with Crippen molar-refractivity contribution in [2.45, 2.75) is 17.5 Å². The number of alkyl halides is 3. The SMILES string of the molecule is O=C(Cc1ccc(Cl)cc1)Nc1ccc(SCC(=O)Nc2ccc(Cl)cc2C(F)(F)F)cc1. The minimum absolute atomic E-state index is 0.0740. The third kappa shape index (κ3) is 7.70. The topological polar surface area (TPSA) is 58.2 Å². The summed E-state index contributed by atoms with van der Waals surface area (Å²) < 4.78 is 39.4. The van der Waals surface area contributed by atoms with Gasteiger partial charge in [0.05, 0.1) is 23.4 Å². The minimum Gasteiger partial charge on any atom is -0.326 e. The Labute approximate surface area is 202 Å². The predicted molar refractivity (Wildman–Crippen MR) is 126 cm³/mol. The Morgan fingerprint density at radius 2 is 1.45 bits per heavy atom. The van der Waals surface area contributed by atoms with Crippen LogP contribution >= 0.6 is 35.0 Å². The average Bonchev–Trinajstić information content (AvgIpc) is 2.75. The maximum atomic E-state index is 13.1. The van der Waals surface area contributed by atoms with Crippen LogP contribution in [-0.4, -0.2) is 17.6 Å². The summed E-state index contributed by atoms with van der Waals surface area (Å²) >= 11 is 12.6. The van der Waals surface area contributed by atoms with Crippen molar-refractivity contribution in [3.63, 3.8) is 0 Å². The van der Waals surface area contributed by atoms with Crippen molar-refractivity contribution in [2.75, 3.05) is 16.4 Å². The first-order chi connectivity index (χ1) is 15.6. The number of thioether (sulfide) groups is 1. The molecule has 0 aliphatic carbocycles. The standard InChI is InChI=1S/C23H17Cl2F3N2O2S/c24-15-3-1-14(2-4-15)11-21(31)29-17-6-8-18(9-7-17)33-13-22(32)30-20-10-5-16(25)12-19(20)23(26,27)28/h1-10,12H,11,13H2,(H,29,31)(H,30,32). The Bertz CT molecular complexity index is 1140. The molecule has 0 heterocycles. The number of carbonyl (C=O) groups is 2. The molecule has 0 aliphatic rings. The van der Waals surface area contributed by atoms with Gasteiger partial charge in [-0.05, 0) is 60.2 Å². The van der Waals surface area contributed by atoms with Crippen LogP contribution in [0.5, 0.6) is 0 Å². The zero-order valence-electron chi connectivity index (χ0n) is 16.9. The van der Waals surface area contributed by atoms with Gasteiger partial charge in [0, 0.05) is 20.6 Å². The van der Waals surface area contributed by atoms with Crippen LogP contribution in [0.2, 0.25) is 10.0 Å². The van der Waals surface area contributed by atoms with Gasteiger partial charge >= 0.3 is 6.18 Å². The zero-order valence-corrected chi connectivity index (χ0v) is 19.2. The van der Waals surface area contributed by atoms with E-state index in [9.17, 15) is 22.8 Å². The van der Waals surface area contributed by atoms with Crippen molar-refractivity contribution in [1.82, 2.24) is 0 Å². The second-order valence-electron chi connectivity index (χ2n) is 6.90. The Hall–Kier alpha value is -2.68. The summed E-state index contributed by atoms with van der Waals surface area (Å²) in [5, 5.41) is 5.57. The van der Waals surface area contributed by atoms with E-state index in [1.54, 1.807) is 48.5 Å². The van der Waals surface area contributed by atoms with Crippen molar-refractivity contribution in [2.24, 2.45) is 0 Å². The number of halogens is 5. The van der Waals surface area contributed by atoms with Crippen molar-refractivity contribution in [1.29, 1.82) is 0 Å². The van der Waals surface area contributed by atoms with Crippen molar-refractivity contribution in [3.8, 4) is 0 Å². The van der Waals surface area contributed by atoms with Gasteiger partial charge in [-0.3, -0.25) is 9.59 Å². The molecule has 0 aliphatic heterocycles. The van der Waals surface area contributed by atoms with Gasteiger partial charge in [-0.2, -0.15) is 13.2 Å². The van der Waals surface area contributed by atoms with Gasteiger partial charge in [0.15, 0.2) is 0 Å². The first kappa shape index (κ1) is 25.0. The molecule has 3 rings (SSSR count). The molecule has 0 fully saturated rings. The summed E-state index contributed by atoms with van der Waals surface area (Å²) in [6.07, 6.45) is -4.45. The largest absolute Gasteiger partial charge is 0.418 e. The molecule has 0 saturated heterocycles. The third-order valence-corrected chi connectivity index (χ3v) is 5.85. The second kappa shape index (κ2) is 11.0. The maximum Gasteiger partial charge on any atom is 0.418 e. The first-order valence-electron chi connectivity index (χ1n) is 9.54. The van der Waals surface area contributed by atoms with Gasteiger partial charge < -0.3 is 10.6 Å². The maximum absolute atomic E-state index is 13.1. The molecule has 4 nitrogen and oxygen atoms in total. The molecule has 0 unspecified atom stereocenters. The molecule has 2 amide bonds. The Morgan fingerprint density at radius 1 is 0.818 bits per heavy atom. The summed E-state index contributed by atoms with van der Waals surface area (Å²) in [6.45, 7) is 0. The number of anilines is 2. The van der Waals surface area contributed by atoms with Gasteiger partial charge in [-0.15, -0.1) is 11.8 Å². The van der Waals surface area contributed by atoms with Crippen LogP contribution in [0.3, 0.4) is 0 Å². The highest BCUT2D eigenvalue weighted by atomic mass is 35.5. The van der Waals surface area contributed by atoms with E-state index < -0.39 is 17.6 Å². The monoisotopic (exact) mass is 512 g/mol. The van der Waals surface area contributed by atoms with Crippen molar-refractivity contribution >= 4 is 58.2 Å². The summed E-state index contributed by atoms with van der Waals surface area (Å²) in [5.41, 5.74) is 0.0477. The Morgan fingerprint density at radius 3 is 2.09 bits per heavy atom. The van der Waals surface area contributed by atoms with Crippen LogP contribution in [-0.2, 0) is 22.2 Å². The molecule has 0 bridgehead atoms. The van der Waals surface area contributed by atoms with E-state index in [0.717, 1.165) is 29.5 Å². The molecule has 3 aromatic carbocycles. The first-order valence-corrected chi connectivity index (χ1v) is 11.3. The van der Waals surface area contributed by atoms with Crippen LogP contribution in [0, 0.1) is 0 Å². The predicted octanol–water partition coefficient (Wildman–Crippen LogP) is 6.92. The van der Waals surface area contributed by atoms with Gasteiger partial charge in [0.1, 0.15) is 0 Å². The molecular weight excluding hydrogens is 496 g/mol. The number of hydrogen-bond acceptors (Lipinski definition) is 3. The molecule has 0 saturated carbocycles. The number of benzene rings is 3. The highest BCUT2D eigenvalue weighted by Crippen LogP contribution is 2.36. The fourth-order valence-corrected chi connectivity index (χ4v) is 3.82. The Balaban J connectivity index is 1.52.